The highest BCUT2D eigenvalue weighted by Crippen LogP contribution is 2.41. The van der Waals surface area contributed by atoms with E-state index in [9.17, 15) is 0 Å². The van der Waals surface area contributed by atoms with Gasteiger partial charge >= 0.3 is 0 Å². The van der Waals surface area contributed by atoms with E-state index in [-0.39, 0.29) is 0 Å². The van der Waals surface area contributed by atoms with Crippen LogP contribution in [0.5, 0.6) is 0 Å². The molecule has 2 aliphatic rings. The second kappa shape index (κ2) is 6.15. The van der Waals surface area contributed by atoms with Gasteiger partial charge in [-0.15, -0.1) is 0 Å². The van der Waals surface area contributed by atoms with Crippen molar-refractivity contribution in [3.8, 4) is 0 Å². The monoisotopic (exact) mass is 270 g/mol. The minimum atomic E-state index is 0.320. The van der Waals surface area contributed by atoms with Gasteiger partial charge < -0.3 is 5.73 Å². The molecule has 2 atom stereocenters. The van der Waals surface area contributed by atoms with Gasteiger partial charge in [-0.2, -0.15) is 11.8 Å². The standard InChI is InChI=1S/C15H30N2S/c1-12-8-13(2)10-15(9-12,11-16)17-6-4-14(18-3)5-7-17/h12-14H,4-11,16H2,1-3H3. The van der Waals surface area contributed by atoms with Gasteiger partial charge in [-0.05, 0) is 63.3 Å². The fourth-order valence-electron chi connectivity index (χ4n) is 4.35. The smallest absolute Gasteiger partial charge is 0.0336 e. The molecule has 2 rings (SSSR count). The summed E-state index contributed by atoms with van der Waals surface area (Å²) in [5.41, 5.74) is 6.53. The zero-order valence-corrected chi connectivity index (χ0v) is 13.1. The van der Waals surface area contributed by atoms with Gasteiger partial charge in [0.2, 0.25) is 0 Å². The lowest BCUT2D eigenvalue weighted by Crippen LogP contribution is -2.59. The molecular formula is C15H30N2S. The van der Waals surface area contributed by atoms with E-state index in [1.54, 1.807) is 0 Å². The molecule has 2 nitrogen and oxygen atoms in total. The molecule has 0 aromatic rings. The van der Waals surface area contributed by atoms with Crippen LogP contribution in [0, 0.1) is 11.8 Å². The average molecular weight is 270 g/mol. The normalized spacial score (nSPS) is 40.0. The molecule has 0 amide bonds. The van der Waals surface area contributed by atoms with E-state index in [2.05, 4.69) is 25.0 Å². The first-order valence-corrected chi connectivity index (χ1v) is 8.86. The van der Waals surface area contributed by atoms with Crippen molar-refractivity contribution >= 4 is 11.8 Å². The third-order valence-electron chi connectivity index (χ3n) is 5.09. The molecule has 106 valence electrons. The van der Waals surface area contributed by atoms with Gasteiger partial charge in [-0.3, -0.25) is 4.90 Å². The van der Waals surface area contributed by atoms with Gasteiger partial charge in [-0.25, -0.2) is 0 Å². The van der Waals surface area contributed by atoms with E-state index in [4.69, 9.17) is 5.73 Å². The third-order valence-corrected chi connectivity index (χ3v) is 6.23. The van der Waals surface area contributed by atoms with E-state index in [1.165, 1.54) is 45.2 Å². The largest absolute Gasteiger partial charge is 0.329 e. The van der Waals surface area contributed by atoms with E-state index in [1.807, 2.05) is 11.8 Å². The van der Waals surface area contributed by atoms with E-state index in [0.717, 1.165) is 23.6 Å². The molecule has 1 saturated carbocycles. The van der Waals surface area contributed by atoms with Gasteiger partial charge in [0, 0.05) is 17.3 Å². The molecule has 1 heterocycles. The Morgan fingerprint density at radius 1 is 1.17 bits per heavy atom. The van der Waals surface area contributed by atoms with E-state index < -0.39 is 0 Å². The van der Waals surface area contributed by atoms with Crippen LogP contribution in [0.4, 0.5) is 0 Å². The first kappa shape index (κ1) is 14.7. The Morgan fingerprint density at radius 3 is 2.17 bits per heavy atom. The summed E-state index contributed by atoms with van der Waals surface area (Å²) >= 11 is 2.04. The summed E-state index contributed by atoms with van der Waals surface area (Å²) in [6.45, 7) is 8.21. The molecule has 1 aliphatic carbocycles. The Hall–Kier alpha value is 0.270. The summed E-state index contributed by atoms with van der Waals surface area (Å²) in [7, 11) is 0. The minimum Gasteiger partial charge on any atom is -0.329 e. The number of likely N-dealkylation sites (tertiary alicyclic amines) is 1. The number of nitrogens with two attached hydrogens (primary N) is 1. The van der Waals surface area contributed by atoms with Crippen molar-refractivity contribution in [3.05, 3.63) is 0 Å². The Morgan fingerprint density at radius 2 is 1.72 bits per heavy atom. The zero-order chi connectivity index (χ0) is 13.2. The summed E-state index contributed by atoms with van der Waals surface area (Å²) in [5.74, 6) is 1.69. The second-order valence-corrected chi connectivity index (χ2v) is 7.84. The van der Waals surface area contributed by atoms with Crippen LogP contribution in [-0.2, 0) is 0 Å². The van der Waals surface area contributed by atoms with Crippen LogP contribution in [0.15, 0.2) is 0 Å². The zero-order valence-electron chi connectivity index (χ0n) is 12.3. The Balaban J connectivity index is 2.03. The van der Waals surface area contributed by atoms with Crippen LogP contribution in [0.2, 0.25) is 0 Å². The van der Waals surface area contributed by atoms with Crippen LogP contribution < -0.4 is 5.73 Å². The van der Waals surface area contributed by atoms with Gasteiger partial charge in [0.25, 0.3) is 0 Å². The highest BCUT2D eigenvalue weighted by molar-refractivity contribution is 7.99. The molecule has 0 aromatic carbocycles. The second-order valence-electron chi connectivity index (χ2n) is 6.70. The highest BCUT2D eigenvalue weighted by Gasteiger charge is 2.42. The molecule has 2 fully saturated rings. The number of rotatable bonds is 3. The van der Waals surface area contributed by atoms with Gasteiger partial charge in [0.15, 0.2) is 0 Å². The van der Waals surface area contributed by atoms with Gasteiger partial charge in [0.05, 0.1) is 0 Å². The first-order chi connectivity index (χ1) is 8.59. The summed E-state index contributed by atoms with van der Waals surface area (Å²) in [6.07, 6.45) is 8.99. The molecule has 1 saturated heterocycles. The number of nitrogens with zero attached hydrogens (tertiary/aromatic N) is 1. The molecule has 0 spiro atoms. The van der Waals surface area contributed by atoms with Crippen molar-refractivity contribution < 1.29 is 0 Å². The Bertz CT molecular complexity index is 251. The predicted octanol–water partition coefficient (Wildman–Crippen LogP) is 2.97. The molecule has 2 unspecified atom stereocenters. The number of hydrogen-bond acceptors (Lipinski definition) is 3. The van der Waals surface area contributed by atoms with E-state index >= 15 is 0 Å². The first-order valence-electron chi connectivity index (χ1n) is 7.57. The van der Waals surface area contributed by atoms with Crippen molar-refractivity contribution in [2.24, 2.45) is 17.6 Å². The number of piperidine rings is 1. The number of thioether (sulfide) groups is 1. The lowest BCUT2D eigenvalue weighted by molar-refractivity contribution is 0.00801. The lowest BCUT2D eigenvalue weighted by atomic mass is 9.70. The van der Waals surface area contributed by atoms with Gasteiger partial charge in [0.1, 0.15) is 0 Å². The fraction of sp³-hybridized carbons (Fsp3) is 1.00. The summed E-state index contributed by atoms with van der Waals surface area (Å²) < 4.78 is 0. The topological polar surface area (TPSA) is 29.3 Å². The third kappa shape index (κ3) is 3.05. The number of hydrogen-bond donors (Lipinski definition) is 1. The van der Waals surface area contributed by atoms with Crippen molar-refractivity contribution in [1.82, 2.24) is 4.90 Å². The summed E-state index contributed by atoms with van der Waals surface area (Å²) in [6, 6.07) is 0. The summed E-state index contributed by atoms with van der Waals surface area (Å²) in [5, 5.41) is 0.884. The molecule has 2 N–H and O–H groups in total. The van der Waals surface area contributed by atoms with Crippen LogP contribution in [0.1, 0.15) is 46.0 Å². The van der Waals surface area contributed by atoms with E-state index in [0.29, 0.717) is 5.54 Å². The molecular weight excluding hydrogens is 240 g/mol. The van der Waals surface area contributed by atoms with Crippen LogP contribution in [-0.4, -0.2) is 41.6 Å². The molecule has 0 radical (unpaired) electrons. The fourth-order valence-corrected chi connectivity index (χ4v) is 5.04. The van der Waals surface area contributed by atoms with Crippen molar-refractivity contribution in [2.45, 2.75) is 56.7 Å². The average Bonchev–Trinajstić information content (AvgIpc) is 2.37. The van der Waals surface area contributed by atoms with Crippen molar-refractivity contribution in [2.75, 3.05) is 25.9 Å². The molecule has 18 heavy (non-hydrogen) atoms. The maximum Gasteiger partial charge on any atom is 0.0336 e. The maximum absolute atomic E-state index is 6.21. The lowest BCUT2D eigenvalue weighted by Gasteiger charge is -2.51. The minimum absolute atomic E-state index is 0.320. The maximum atomic E-state index is 6.21. The highest BCUT2D eigenvalue weighted by atomic mass is 32.2. The Labute approximate surface area is 117 Å². The molecule has 0 bridgehead atoms. The summed E-state index contributed by atoms with van der Waals surface area (Å²) in [4.78, 5) is 2.74. The van der Waals surface area contributed by atoms with Crippen molar-refractivity contribution in [3.63, 3.8) is 0 Å². The van der Waals surface area contributed by atoms with Crippen LogP contribution in [0.3, 0.4) is 0 Å². The molecule has 0 aromatic heterocycles. The Kier molecular flexibility index (Phi) is 5.01. The van der Waals surface area contributed by atoms with Crippen molar-refractivity contribution in [1.29, 1.82) is 0 Å². The van der Waals surface area contributed by atoms with Crippen LogP contribution >= 0.6 is 11.8 Å². The van der Waals surface area contributed by atoms with Crippen LogP contribution in [0.25, 0.3) is 0 Å². The molecule has 1 aliphatic heterocycles. The SMILES string of the molecule is CSC1CCN(C2(CN)CC(C)CC(C)C2)CC1. The molecule has 3 heteroatoms. The van der Waals surface area contributed by atoms with Gasteiger partial charge in [-0.1, -0.05) is 13.8 Å². The quantitative estimate of drug-likeness (QED) is 0.855. The predicted molar refractivity (Wildman–Crippen MR) is 82.1 cm³/mol.